The molecule has 11 heteroatoms. The van der Waals surface area contributed by atoms with Crippen LogP contribution in [-0.4, -0.2) is 56.1 Å². The summed E-state index contributed by atoms with van der Waals surface area (Å²) < 4.78 is 6.46. The van der Waals surface area contributed by atoms with Gasteiger partial charge in [-0.2, -0.15) is 5.26 Å². The molecule has 1 aliphatic rings. The summed E-state index contributed by atoms with van der Waals surface area (Å²) in [6.07, 6.45) is 1.76. The second-order valence-electron chi connectivity index (χ2n) is 8.07. The first-order valence-electron chi connectivity index (χ1n) is 10.9. The normalized spacial score (nSPS) is 13.2. The van der Waals surface area contributed by atoms with E-state index in [0.29, 0.717) is 47.8 Å². The van der Waals surface area contributed by atoms with Gasteiger partial charge in [0.05, 0.1) is 54.5 Å². The number of hydrogen-bond acceptors (Lipinski definition) is 10. The van der Waals surface area contributed by atoms with Crippen molar-refractivity contribution in [2.24, 2.45) is 5.92 Å². The molecule has 5 rings (SSSR count). The van der Waals surface area contributed by atoms with Crippen LogP contribution in [0, 0.1) is 17.2 Å². The Kier molecular flexibility index (Phi) is 5.76. The van der Waals surface area contributed by atoms with Crippen LogP contribution in [0.1, 0.15) is 11.3 Å². The highest BCUT2D eigenvalue weighted by Gasteiger charge is 2.34. The molecule has 174 valence electrons. The summed E-state index contributed by atoms with van der Waals surface area (Å²) in [5.74, 6) is 0.562. The summed E-state index contributed by atoms with van der Waals surface area (Å²) in [5.41, 5.74) is 9.47. The SMILES string of the molecule is COC(=O)C1CN(c2cccc(Cn3cc(-c4cc(-c5ccccc5C#N)nc(N)n4)nn3)n2)C1. The monoisotopic (exact) mass is 467 g/mol. The number of benzene rings is 1. The minimum atomic E-state index is -0.197. The van der Waals surface area contributed by atoms with Gasteiger partial charge in [0.15, 0.2) is 0 Å². The fourth-order valence-corrected chi connectivity index (χ4v) is 3.91. The Morgan fingerprint density at radius 2 is 1.91 bits per heavy atom. The van der Waals surface area contributed by atoms with Gasteiger partial charge in [-0.25, -0.2) is 19.6 Å². The van der Waals surface area contributed by atoms with Gasteiger partial charge in [0.25, 0.3) is 0 Å². The van der Waals surface area contributed by atoms with Crippen LogP contribution >= 0.6 is 0 Å². The van der Waals surface area contributed by atoms with Gasteiger partial charge in [0, 0.05) is 18.7 Å². The molecule has 1 saturated heterocycles. The molecule has 2 N–H and O–H groups in total. The fraction of sp³-hybridized carbons (Fsp3) is 0.208. The minimum absolute atomic E-state index is 0.0777. The Morgan fingerprint density at radius 1 is 1.11 bits per heavy atom. The van der Waals surface area contributed by atoms with E-state index in [2.05, 4.69) is 31.3 Å². The predicted octanol–water partition coefficient (Wildman–Crippen LogP) is 1.91. The lowest BCUT2D eigenvalue weighted by Crippen LogP contribution is -2.51. The smallest absolute Gasteiger partial charge is 0.312 e. The Morgan fingerprint density at radius 3 is 2.71 bits per heavy atom. The number of aromatic nitrogens is 6. The first-order valence-corrected chi connectivity index (χ1v) is 10.9. The standard InChI is InChI=1S/C24H21N9O2/c1-35-23(34)16-11-32(12-16)22-8-4-6-17(27-22)13-33-14-21(30-31-33)20-9-19(28-24(26)29-20)18-7-3-2-5-15(18)10-25/h2-9,14,16H,11-13H2,1H3,(H2,26,28,29). The topological polar surface area (TPSA) is 149 Å². The largest absolute Gasteiger partial charge is 0.469 e. The average molecular weight is 467 g/mol. The van der Waals surface area contributed by atoms with Gasteiger partial charge < -0.3 is 15.4 Å². The third-order valence-corrected chi connectivity index (χ3v) is 5.72. The summed E-state index contributed by atoms with van der Waals surface area (Å²) in [4.78, 5) is 26.9. The molecule has 0 spiro atoms. The molecule has 0 saturated carbocycles. The summed E-state index contributed by atoms with van der Waals surface area (Å²) >= 11 is 0. The molecule has 1 aromatic carbocycles. The highest BCUT2D eigenvalue weighted by Crippen LogP contribution is 2.26. The van der Waals surface area contributed by atoms with Crippen molar-refractivity contribution in [2.45, 2.75) is 6.54 Å². The molecule has 0 radical (unpaired) electrons. The zero-order valence-electron chi connectivity index (χ0n) is 18.9. The van der Waals surface area contributed by atoms with Crippen LogP contribution in [0.25, 0.3) is 22.6 Å². The lowest BCUT2D eigenvalue weighted by atomic mass is 10.0. The first kappa shape index (κ1) is 22.0. The van der Waals surface area contributed by atoms with Crippen LogP contribution in [0.5, 0.6) is 0 Å². The molecule has 0 atom stereocenters. The van der Waals surface area contributed by atoms with Gasteiger partial charge >= 0.3 is 5.97 Å². The van der Waals surface area contributed by atoms with Crippen LogP contribution in [0.3, 0.4) is 0 Å². The summed E-state index contributed by atoms with van der Waals surface area (Å²) in [6, 6.07) is 16.8. The summed E-state index contributed by atoms with van der Waals surface area (Å²) in [5, 5.41) is 17.9. The van der Waals surface area contributed by atoms with Gasteiger partial charge in [0.1, 0.15) is 11.5 Å². The zero-order chi connectivity index (χ0) is 24.4. The number of carbonyl (C=O) groups is 1. The van der Waals surface area contributed by atoms with Crippen LogP contribution in [-0.2, 0) is 16.1 Å². The third-order valence-electron chi connectivity index (χ3n) is 5.72. The van der Waals surface area contributed by atoms with Crippen molar-refractivity contribution in [3.05, 3.63) is 66.0 Å². The number of ether oxygens (including phenoxy) is 1. The molecule has 1 aliphatic heterocycles. The van der Waals surface area contributed by atoms with Crippen LogP contribution in [0.4, 0.5) is 11.8 Å². The molecule has 4 heterocycles. The molecule has 0 unspecified atom stereocenters. The highest BCUT2D eigenvalue weighted by atomic mass is 16.5. The number of rotatable bonds is 6. The Bertz CT molecular complexity index is 1440. The number of anilines is 2. The zero-order valence-corrected chi connectivity index (χ0v) is 18.9. The molecule has 4 aromatic rings. The molecule has 0 aliphatic carbocycles. The maximum atomic E-state index is 11.6. The minimum Gasteiger partial charge on any atom is -0.469 e. The maximum Gasteiger partial charge on any atom is 0.312 e. The predicted molar refractivity (Wildman–Crippen MR) is 127 cm³/mol. The third kappa shape index (κ3) is 4.49. The molecule has 11 nitrogen and oxygen atoms in total. The molecular weight excluding hydrogens is 446 g/mol. The van der Waals surface area contributed by atoms with Crippen LogP contribution < -0.4 is 10.6 Å². The van der Waals surface area contributed by atoms with E-state index in [0.717, 1.165) is 11.5 Å². The molecule has 35 heavy (non-hydrogen) atoms. The van der Waals surface area contributed by atoms with E-state index in [4.69, 9.17) is 10.5 Å². The number of nitrogen functional groups attached to an aromatic ring is 1. The van der Waals surface area contributed by atoms with E-state index in [1.807, 2.05) is 35.2 Å². The Labute approximate surface area is 200 Å². The highest BCUT2D eigenvalue weighted by molar-refractivity contribution is 5.76. The van der Waals surface area contributed by atoms with E-state index < -0.39 is 0 Å². The van der Waals surface area contributed by atoms with Crippen molar-refractivity contribution >= 4 is 17.7 Å². The van der Waals surface area contributed by atoms with Crippen LogP contribution in [0.15, 0.2) is 54.7 Å². The number of pyridine rings is 1. The number of nitriles is 1. The quantitative estimate of drug-likeness (QED) is 0.417. The van der Waals surface area contributed by atoms with E-state index >= 15 is 0 Å². The number of carbonyl (C=O) groups excluding carboxylic acids is 1. The van der Waals surface area contributed by atoms with Gasteiger partial charge in [-0.3, -0.25) is 4.79 Å². The van der Waals surface area contributed by atoms with Crippen molar-refractivity contribution in [1.82, 2.24) is 29.9 Å². The summed E-state index contributed by atoms with van der Waals surface area (Å²) in [7, 11) is 1.40. The van der Waals surface area contributed by atoms with Gasteiger partial charge in [-0.05, 0) is 24.3 Å². The number of hydrogen-bond donors (Lipinski definition) is 1. The molecule has 0 amide bonds. The van der Waals surface area contributed by atoms with E-state index in [1.165, 1.54) is 7.11 Å². The Balaban J connectivity index is 1.34. The lowest BCUT2D eigenvalue weighted by molar-refractivity contribution is -0.146. The molecule has 3 aromatic heterocycles. The first-order chi connectivity index (χ1) is 17.0. The van der Waals surface area contributed by atoms with Crippen molar-refractivity contribution in [2.75, 3.05) is 30.8 Å². The number of methoxy groups -OCH3 is 1. The second-order valence-corrected chi connectivity index (χ2v) is 8.07. The van der Waals surface area contributed by atoms with Crippen molar-refractivity contribution in [3.8, 4) is 28.7 Å². The fourth-order valence-electron chi connectivity index (χ4n) is 3.91. The van der Waals surface area contributed by atoms with Crippen molar-refractivity contribution in [3.63, 3.8) is 0 Å². The Hall–Kier alpha value is -4.85. The molecule has 1 fully saturated rings. The van der Waals surface area contributed by atoms with E-state index in [-0.39, 0.29) is 17.8 Å². The van der Waals surface area contributed by atoms with E-state index in [9.17, 15) is 10.1 Å². The van der Waals surface area contributed by atoms with Gasteiger partial charge in [-0.1, -0.05) is 29.5 Å². The van der Waals surface area contributed by atoms with Crippen molar-refractivity contribution in [1.29, 1.82) is 5.26 Å². The average Bonchev–Trinajstić information content (AvgIpc) is 3.31. The second kappa shape index (κ2) is 9.18. The number of nitrogens with two attached hydrogens (primary N) is 1. The van der Waals surface area contributed by atoms with Gasteiger partial charge in [0.2, 0.25) is 5.95 Å². The van der Waals surface area contributed by atoms with Crippen LogP contribution in [0.2, 0.25) is 0 Å². The molecular formula is C24H21N9O2. The molecule has 0 bridgehead atoms. The summed E-state index contributed by atoms with van der Waals surface area (Å²) in [6.45, 7) is 1.58. The van der Waals surface area contributed by atoms with Crippen molar-refractivity contribution < 1.29 is 9.53 Å². The van der Waals surface area contributed by atoms with E-state index in [1.54, 1.807) is 29.1 Å². The lowest BCUT2D eigenvalue weighted by Gasteiger charge is -2.38. The number of nitrogens with zero attached hydrogens (tertiary/aromatic N) is 8. The van der Waals surface area contributed by atoms with Gasteiger partial charge in [-0.15, -0.1) is 5.10 Å². The number of esters is 1. The maximum absolute atomic E-state index is 11.6.